The van der Waals surface area contributed by atoms with Crippen LogP contribution < -0.4 is 0 Å². The van der Waals surface area contributed by atoms with E-state index in [1.807, 2.05) is 30.3 Å². The summed E-state index contributed by atoms with van der Waals surface area (Å²) in [6, 6.07) is 8.89. The third-order valence-electron chi connectivity index (χ3n) is 3.70. The van der Waals surface area contributed by atoms with Gasteiger partial charge in [0.05, 0.1) is 11.5 Å². The molecule has 1 aliphatic heterocycles. The highest BCUT2D eigenvalue weighted by Gasteiger charge is 2.32. The Hall–Kier alpha value is -2.15. The normalized spacial score (nSPS) is 19.6. The topological polar surface area (TPSA) is 80.8 Å². The lowest BCUT2D eigenvalue weighted by Crippen LogP contribution is -2.40. The summed E-state index contributed by atoms with van der Waals surface area (Å²) in [7, 11) is -1.53. The molecule has 1 aromatic carbocycles. The van der Waals surface area contributed by atoms with Crippen molar-refractivity contribution < 1.29 is 22.7 Å². The number of likely N-dealkylation sites (N-methyl/N-ethyl adjacent to an activating group) is 1. The molecule has 1 fully saturated rings. The molecule has 7 heteroatoms. The third-order valence-corrected chi connectivity index (χ3v) is 5.45. The summed E-state index contributed by atoms with van der Waals surface area (Å²) in [5, 5.41) is 0. The summed E-state index contributed by atoms with van der Waals surface area (Å²) in [6.07, 6.45) is 3.27. The predicted octanol–water partition coefficient (Wildman–Crippen LogP) is 0.889. The Balaban J connectivity index is 1.80. The molecule has 1 aromatic rings. The molecular weight excluding hydrogens is 318 g/mol. The molecular formula is C16H19NO5S. The van der Waals surface area contributed by atoms with Crippen LogP contribution in [-0.2, 0) is 24.2 Å². The molecule has 0 aliphatic carbocycles. The van der Waals surface area contributed by atoms with E-state index in [-0.39, 0.29) is 17.5 Å². The maximum absolute atomic E-state index is 11.9. The smallest absolute Gasteiger partial charge is 0.331 e. The van der Waals surface area contributed by atoms with E-state index in [2.05, 4.69) is 0 Å². The van der Waals surface area contributed by atoms with Crippen LogP contribution in [0.3, 0.4) is 0 Å². The number of sulfone groups is 1. The lowest BCUT2D eigenvalue weighted by Gasteiger charge is -2.22. The number of carbonyl (C=O) groups is 2. The molecule has 124 valence electrons. The van der Waals surface area contributed by atoms with Crippen molar-refractivity contribution in [2.45, 2.75) is 12.5 Å². The van der Waals surface area contributed by atoms with E-state index in [4.69, 9.17) is 4.74 Å². The van der Waals surface area contributed by atoms with Crippen LogP contribution in [0.1, 0.15) is 12.0 Å². The van der Waals surface area contributed by atoms with E-state index >= 15 is 0 Å². The van der Waals surface area contributed by atoms with Gasteiger partial charge in [0.1, 0.15) is 0 Å². The van der Waals surface area contributed by atoms with Gasteiger partial charge >= 0.3 is 5.97 Å². The Bertz CT molecular complexity index is 696. The minimum Gasteiger partial charge on any atom is -0.452 e. The van der Waals surface area contributed by atoms with Crippen molar-refractivity contribution in [2.24, 2.45) is 0 Å². The minimum atomic E-state index is -3.06. The van der Waals surface area contributed by atoms with Gasteiger partial charge < -0.3 is 9.64 Å². The van der Waals surface area contributed by atoms with E-state index in [0.717, 1.165) is 5.56 Å². The van der Waals surface area contributed by atoms with Crippen molar-refractivity contribution in [3.63, 3.8) is 0 Å². The molecule has 1 saturated heterocycles. The molecule has 2 rings (SSSR count). The number of amides is 1. The van der Waals surface area contributed by atoms with Crippen molar-refractivity contribution >= 4 is 27.8 Å². The molecule has 0 radical (unpaired) electrons. The number of rotatable bonds is 5. The number of esters is 1. The zero-order valence-corrected chi connectivity index (χ0v) is 13.7. The minimum absolute atomic E-state index is 0.0307. The van der Waals surface area contributed by atoms with Crippen LogP contribution in [0.15, 0.2) is 36.4 Å². The first-order valence-corrected chi connectivity index (χ1v) is 9.05. The summed E-state index contributed by atoms with van der Waals surface area (Å²) in [5.74, 6) is -0.963. The lowest BCUT2D eigenvalue weighted by atomic mass is 10.2. The van der Waals surface area contributed by atoms with Crippen LogP contribution in [0.2, 0.25) is 0 Å². The first kappa shape index (κ1) is 17.2. The van der Waals surface area contributed by atoms with Crippen molar-refractivity contribution in [3.8, 4) is 0 Å². The fourth-order valence-electron chi connectivity index (χ4n) is 2.30. The van der Waals surface area contributed by atoms with Gasteiger partial charge in [0.25, 0.3) is 5.91 Å². The zero-order chi connectivity index (χ0) is 16.9. The molecule has 0 unspecified atom stereocenters. The SMILES string of the molecule is CN(C(=O)COC(=O)/C=C\c1ccccc1)[C@H]1CCS(=O)(=O)C1. The van der Waals surface area contributed by atoms with Crippen molar-refractivity contribution in [1.82, 2.24) is 4.90 Å². The van der Waals surface area contributed by atoms with Crippen molar-refractivity contribution in [3.05, 3.63) is 42.0 Å². The average molecular weight is 337 g/mol. The highest BCUT2D eigenvalue weighted by molar-refractivity contribution is 7.91. The van der Waals surface area contributed by atoms with Crippen molar-refractivity contribution in [1.29, 1.82) is 0 Å². The third kappa shape index (κ3) is 5.21. The van der Waals surface area contributed by atoms with Gasteiger partial charge in [-0.05, 0) is 18.1 Å². The van der Waals surface area contributed by atoms with Gasteiger partial charge in [-0.2, -0.15) is 0 Å². The molecule has 0 spiro atoms. The second kappa shape index (κ2) is 7.41. The van der Waals surface area contributed by atoms with E-state index in [1.54, 1.807) is 6.08 Å². The Morgan fingerprint density at radius 2 is 2.00 bits per heavy atom. The highest BCUT2D eigenvalue weighted by Crippen LogP contribution is 2.16. The number of nitrogens with zero attached hydrogens (tertiary/aromatic N) is 1. The fourth-order valence-corrected chi connectivity index (χ4v) is 4.07. The maximum atomic E-state index is 11.9. The first-order valence-electron chi connectivity index (χ1n) is 7.23. The Kier molecular flexibility index (Phi) is 5.54. The maximum Gasteiger partial charge on any atom is 0.331 e. The van der Waals surface area contributed by atoms with Crippen LogP contribution in [0.25, 0.3) is 6.08 Å². The monoisotopic (exact) mass is 337 g/mol. The standard InChI is InChI=1S/C16H19NO5S/c1-17(14-9-10-23(20,21)12-14)15(18)11-22-16(19)8-7-13-5-3-2-4-6-13/h2-8,14H,9-12H2,1H3/b8-7-/t14-/m0/s1. The van der Waals surface area contributed by atoms with E-state index in [9.17, 15) is 18.0 Å². The highest BCUT2D eigenvalue weighted by atomic mass is 32.2. The second-order valence-electron chi connectivity index (χ2n) is 5.41. The van der Waals surface area contributed by atoms with Crippen LogP contribution in [0.4, 0.5) is 0 Å². The van der Waals surface area contributed by atoms with E-state index < -0.39 is 28.3 Å². The van der Waals surface area contributed by atoms with Gasteiger partial charge in [-0.15, -0.1) is 0 Å². The largest absolute Gasteiger partial charge is 0.452 e. The molecule has 0 saturated carbocycles. The summed E-state index contributed by atoms with van der Waals surface area (Å²) >= 11 is 0. The number of benzene rings is 1. The van der Waals surface area contributed by atoms with Gasteiger partial charge in [-0.1, -0.05) is 30.3 Å². The van der Waals surface area contributed by atoms with Gasteiger partial charge in [0, 0.05) is 19.2 Å². The number of hydrogen-bond acceptors (Lipinski definition) is 5. The Morgan fingerprint density at radius 3 is 2.61 bits per heavy atom. The molecule has 1 heterocycles. The molecule has 0 bridgehead atoms. The summed E-state index contributed by atoms with van der Waals surface area (Å²) < 4.78 is 27.7. The summed E-state index contributed by atoms with van der Waals surface area (Å²) in [5.41, 5.74) is 0.851. The second-order valence-corrected chi connectivity index (χ2v) is 7.64. The average Bonchev–Trinajstić information content (AvgIpc) is 2.90. The zero-order valence-electron chi connectivity index (χ0n) is 12.8. The molecule has 0 N–H and O–H groups in total. The molecule has 6 nitrogen and oxygen atoms in total. The molecule has 1 amide bonds. The Morgan fingerprint density at radius 1 is 1.30 bits per heavy atom. The van der Waals surface area contributed by atoms with Gasteiger partial charge in [0.2, 0.25) is 0 Å². The summed E-state index contributed by atoms with van der Waals surface area (Å²) in [6.45, 7) is -0.398. The number of carbonyl (C=O) groups excluding carboxylic acids is 2. The van der Waals surface area contributed by atoms with Gasteiger partial charge in [-0.25, -0.2) is 13.2 Å². The Labute approximate surface area is 135 Å². The van der Waals surface area contributed by atoms with Crippen molar-refractivity contribution in [2.75, 3.05) is 25.2 Å². The van der Waals surface area contributed by atoms with E-state index in [1.165, 1.54) is 18.0 Å². The first-order chi connectivity index (χ1) is 10.9. The van der Waals surface area contributed by atoms with E-state index in [0.29, 0.717) is 6.42 Å². The van der Waals surface area contributed by atoms with Crippen LogP contribution in [0, 0.1) is 0 Å². The van der Waals surface area contributed by atoms with Gasteiger partial charge in [0.15, 0.2) is 16.4 Å². The molecule has 0 aromatic heterocycles. The number of ether oxygens (including phenoxy) is 1. The van der Waals surface area contributed by atoms with Gasteiger partial charge in [-0.3, -0.25) is 4.79 Å². The predicted molar refractivity (Wildman–Crippen MR) is 86.3 cm³/mol. The number of hydrogen-bond donors (Lipinski definition) is 0. The molecule has 1 aliphatic rings. The fraction of sp³-hybridized carbons (Fsp3) is 0.375. The lowest BCUT2D eigenvalue weighted by molar-refractivity contribution is -0.148. The quantitative estimate of drug-likeness (QED) is 0.589. The van der Waals surface area contributed by atoms with Crippen LogP contribution in [0.5, 0.6) is 0 Å². The molecule has 1 atom stereocenters. The van der Waals surface area contributed by atoms with Crippen LogP contribution >= 0.6 is 0 Å². The summed E-state index contributed by atoms with van der Waals surface area (Å²) in [4.78, 5) is 24.9. The van der Waals surface area contributed by atoms with Crippen LogP contribution in [-0.4, -0.2) is 56.4 Å². The molecule has 23 heavy (non-hydrogen) atoms.